The molecule has 0 radical (unpaired) electrons. The standard InChI is InChI=1S/C44H26N4S/c1-2-14-30(15-3-1)47-36-21-9-7-17-32(36)39-33-18-11-23-38-41(33)48(44(39)47)37-22-10-19-34(42(37)49-38)43-45-35-20-8-6-16-31(35)40(46-43)29-25-24-27-12-4-5-13-28(27)26-29/h1-26H. The van der Waals surface area contributed by atoms with E-state index in [1.54, 1.807) is 0 Å². The smallest absolute Gasteiger partial charge is 0.161 e. The van der Waals surface area contributed by atoms with E-state index in [0.717, 1.165) is 49.8 Å². The Morgan fingerprint density at radius 2 is 1.29 bits per heavy atom. The zero-order valence-electron chi connectivity index (χ0n) is 26.2. The molecule has 4 heterocycles. The molecule has 0 saturated carbocycles. The highest BCUT2D eigenvalue weighted by molar-refractivity contribution is 8.00. The van der Waals surface area contributed by atoms with Crippen LogP contribution in [0.1, 0.15) is 0 Å². The third-order valence-electron chi connectivity index (χ3n) is 9.88. The molecule has 0 saturated heterocycles. The summed E-state index contributed by atoms with van der Waals surface area (Å²) in [5.41, 5.74) is 9.89. The lowest BCUT2D eigenvalue weighted by Crippen LogP contribution is -2.07. The zero-order valence-corrected chi connectivity index (χ0v) is 27.0. The molecule has 0 spiro atoms. The number of nitrogens with zero attached hydrogens (tertiary/aromatic N) is 4. The molecule has 1 aliphatic heterocycles. The second-order valence-corrected chi connectivity index (χ2v) is 13.7. The monoisotopic (exact) mass is 642 g/mol. The van der Waals surface area contributed by atoms with Crippen LogP contribution >= 0.6 is 11.8 Å². The zero-order chi connectivity index (χ0) is 32.1. The van der Waals surface area contributed by atoms with Gasteiger partial charge in [0.05, 0.1) is 27.9 Å². The maximum absolute atomic E-state index is 5.37. The highest BCUT2D eigenvalue weighted by Gasteiger charge is 2.29. The van der Waals surface area contributed by atoms with Crippen molar-refractivity contribution in [3.8, 4) is 34.0 Å². The summed E-state index contributed by atoms with van der Waals surface area (Å²) in [4.78, 5) is 13.0. The average molecular weight is 643 g/mol. The van der Waals surface area contributed by atoms with Crippen molar-refractivity contribution in [3.05, 3.63) is 158 Å². The Balaban J connectivity index is 1.21. The summed E-state index contributed by atoms with van der Waals surface area (Å²) in [7, 11) is 0. The van der Waals surface area contributed by atoms with Gasteiger partial charge >= 0.3 is 0 Å². The molecular formula is C44H26N4S. The first-order valence-electron chi connectivity index (χ1n) is 16.5. The van der Waals surface area contributed by atoms with Crippen LogP contribution in [0.15, 0.2) is 168 Å². The van der Waals surface area contributed by atoms with Crippen molar-refractivity contribution in [2.75, 3.05) is 0 Å². The van der Waals surface area contributed by atoms with Crippen molar-refractivity contribution in [1.82, 2.24) is 19.1 Å². The Labute approximate surface area is 285 Å². The summed E-state index contributed by atoms with van der Waals surface area (Å²) in [5, 5.41) is 7.26. The Bertz CT molecular complexity index is 2970. The predicted octanol–water partition coefficient (Wildman–Crippen LogP) is 11.6. The van der Waals surface area contributed by atoms with E-state index in [0.29, 0.717) is 0 Å². The topological polar surface area (TPSA) is 35.6 Å². The number of aromatic nitrogens is 4. The Morgan fingerprint density at radius 3 is 2.20 bits per heavy atom. The molecule has 1 aliphatic rings. The number of fused-ring (bicyclic) bond motifs is 9. The fraction of sp³-hybridized carbons (Fsp3) is 0. The van der Waals surface area contributed by atoms with Crippen LogP contribution in [-0.4, -0.2) is 19.1 Å². The summed E-state index contributed by atoms with van der Waals surface area (Å²) in [6, 6.07) is 56.3. The van der Waals surface area contributed by atoms with Crippen molar-refractivity contribution >= 4 is 66.3 Å². The first kappa shape index (κ1) is 26.9. The highest BCUT2D eigenvalue weighted by Crippen LogP contribution is 2.51. The Morgan fingerprint density at radius 1 is 0.531 bits per heavy atom. The molecule has 0 aliphatic carbocycles. The van der Waals surface area contributed by atoms with Gasteiger partial charge in [0.15, 0.2) is 5.82 Å². The van der Waals surface area contributed by atoms with Crippen LogP contribution in [0, 0.1) is 0 Å². The SMILES string of the molecule is c1ccc(-n2c3ccccc3c3c4cccc5c4n(c32)-c2cccc(-c3nc(-c4ccc6ccccc6c4)c4ccccc4n3)c2S5)cc1. The second kappa shape index (κ2) is 10.2. The van der Waals surface area contributed by atoms with Gasteiger partial charge in [-0.15, -0.1) is 0 Å². The molecule has 0 N–H and O–H groups in total. The number of rotatable bonds is 3. The number of hydrogen-bond donors (Lipinski definition) is 0. The minimum atomic E-state index is 0.730. The summed E-state index contributed by atoms with van der Waals surface area (Å²) >= 11 is 1.82. The van der Waals surface area contributed by atoms with Crippen LogP contribution in [-0.2, 0) is 0 Å². The summed E-state index contributed by atoms with van der Waals surface area (Å²) in [6.45, 7) is 0. The van der Waals surface area contributed by atoms with Gasteiger partial charge in [-0.05, 0) is 59.3 Å². The van der Waals surface area contributed by atoms with Crippen LogP contribution in [0.3, 0.4) is 0 Å². The van der Waals surface area contributed by atoms with Gasteiger partial charge in [0.1, 0.15) is 5.65 Å². The molecule has 0 unspecified atom stereocenters. The summed E-state index contributed by atoms with van der Waals surface area (Å²) in [6.07, 6.45) is 0. The summed E-state index contributed by atoms with van der Waals surface area (Å²) in [5.74, 6) is 0.730. The summed E-state index contributed by atoms with van der Waals surface area (Å²) < 4.78 is 4.90. The number of para-hydroxylation sites is 4. The normalized spacial score (nSPS) is 12.4. The molecule has 11 rings (SSSR count). The second-order valence-electron chi connectivity index (χ2n) is 12.6. The van der Waals surface area contributed by atoms with Gasteiger partial charge in [-0.3, -0.25) is 9.13 Å². The quantitative estimate of drug-likeness (QED) is 0.192. The van der Waals surface area contributed by atoms with Crippen molar-refractivity contribution in [2.24, 2.45) is 0 Å². The molecule has 0 bridgehead atoms. The van der Waals surface area contributed by atoms with Gasteiger partial charge in [-0.1, -0.05) is 121 Å². The lowest BCUT2D eigenvalue weighted by molar-refractivity contribution is 1.02. The van der Waals surface area contributed by atoms with Crippen LogP contribution in [0.4, 0.5) is 0 Å². The largest absolute Gasteiger partial charge is 0.295 e. The predicted molar refractivity (Wildman–Crippen MR) is 203 cm³/mol. The maximum Gasteiger partial charge on any atom is 0.161 e. The highest BCUT2D eigenvalue weighted by atomic mass is 32.2. The Kier molecular flexibility index (Phi) is 5.57. The van der Waals surface area contributed by atoms with Gasteiger partial charge in [0.2, 0.25) is 0 Å². The molecule has 7 aromatic carbocycles. The van der Waals surface area contributed by atoms with E-state index in [-0.39, 0.29) is 0 Å². The minimum absolute atomic E-state index is 0.730. The van der Waals surface area contributed by atoms with Crippen molar-refractivity contribution in [3.63, 3.8) is 0 Å². The molecule has 3 aromatic heterocycles. The van der Waals surface area contributed by atoms with Gasteiger partial charge in [-0.25, -0.2) is 9.97 Å². The third kappa shape index (κ3) is 3.82. The molecule has 0 amide bonds. The lowest BCUT2D eigenvalue weighted by atomic mass is 10.0. The van der Waals surface area contributed by atoms with Crippen LogP contribution in [0.2, 0.25) is 0 Å². The molecule has 5 heteroatoms. The maximum atomic E-state index is 5.37. The van der Waals surface area contributed by atoms with Gasteiger partial charge in [0.25, 0.3) is 0 Å². The van der Waals surface area contributed by atoms with E-state index in [2.05, 4.69) is 167 Å². The van der Waals surface area contributed by atoms with Crippen LogP contribution in [0.5, 0.6) is 0 Å². The van der Waals surface area contributed by atoms with Gasteiger partial charge < -0.3 is 0 Å². The van der Waals surface area contributed by atoms with E-state index in [1.165, 1.54) is 48.5 Å². The Hall–Kier alpha value is -6.17. The van der Waals surface area contributed by atoms with E-state index >= 15 is 0 Å². The molecular weight excluding hydrogens is 617 g/mol. The van der Waals surface area contributed by atoms with Crippen molar-refractivity contribution in [1.29, 1.82) is 0 Å². The van der Waals surface area contributed by atoms with E-state index in [9.17, 15) is 0 Å². The first-order valence-corrected chi connectivity index (χ1v) is 17.3. The van der Waals surface area contributed by atoms with E-state index in [4.69, 9.17) is 9.97 Å². The van der Waals surface area contributed by atoms with Gasteiger partial charge in [0, 0.05) is 48.2 Å². The van der Waals surface area contributed by atoms with E-state index in [1.807, 2.05) is 11.8 Å². The molecule has 10 aromatic rings. The van der Waals surface area contributed by atoms with Crippen molar-refractivity contribution in [2.45, 2.75) is 9.79 Å². The lowest BCUT2D eigenvalue weighted by Gasteiger charge is -2.23. The molecule has 228 valence electrons. The van der Waals surface area contributed by atoms with Crippen molar-refractivity contribution < 1.29 is 0 Å². The van der Waals surface area contributed by atoms with Crippen LogP contribution < -0.4 is 0 Å². The third-order valence-corrected chi connectivity index (χ3v) is 11.1. The minimum Gasteiger partial charge on any atom is -0.295 e. The number of hydrogen-bond acceptors (Lipinski definition) is 3. The van der Waals surface area contributed by atoms with E-state index < -0.39 is 0 Å². The first-order chi connectivity index (χ1) is 24.3. The fourth-order valence-corrected chi connectivity index (χ4v) is 8.97. The average Bonchev–Trinajstić information content (AvgIpc) is 3.68. The van der Waals surface area contributed by atoms with Crippen LogP contribution in [0.25, 0.3) is 88.5 Å². The molecule has 49 heavy (non-hydrogen) atoms. The molecule has 4 nitrogen and oxygen atoms in total. The molecule has 0 fully saturated rings. The van der Waals surface area contributed by atoms with Gasteiger partial charge in [-0.2, -0.15) is 0 Å². The molecule has 0 atom stereocenters. The fourth-order valence-electron chi connectivity index (χ4n) is 7.77. The number of benzene rings is 7.